The molecule has 1 rings (SSSR count). The molecule has 0 fully saturated rings. The van der Waals surface area contributed by atoms with E-state index in [1.54, 1.807) is 0 Å². The van der Waals surface area contributed by atoms with E-state index in [1.807, 2.05) is 0 Å². The van der Waals surface area contributed by atoms with Crippen LogP contribution in [0.5, 0.6) is 0 Å². The molecule has 0 aliphatic carbocycles. The lowest BCUT2D eigenvalue weighted by molar-refractivity contribution is 0.286. The second-order valence-corrected chi connectivity index (χ2v) is 2.87. The van der Waals surface area contributed by atoms with Gasteiger partial charge in [0, 0.05) is 13.0 Å². The van der Waals surface area contributed by atoms with Crippen molar-refractivity contribution < 1.29 is 18.4 Å². The Morgan fingerprint density at radius 3 is 2.67 bits per heavy atom. The minimum atomic E-state index is -1.22. The largest absolute Gasteiger partial charge is 0.441 e. The van der Waals surface area contributed by atoms with Crippen molar-refractivity contribution in [3.8, 4) is 0 Å². The monoisotopic (exact) mass is 220 g/mol. The second kappa shape index (κ2) is 4.83. The summed E-state index contributed by atoms with van der Waals surface area (Å²) < 4.78 is 30.7. The van der Waals surface area contributed by atoms with E-state index >= 15 is 0 Å². The molecule has 0 spiro atoms. The Morgan fingerprint density at radius 2 is 2.20 bits per heavy atom. The van der Waals surface area contributed by atoms with E-state index in [0.717, 1.165) is 4.57 Å². The predicted octanol–water partition coefficient (Wildman–Crippen LogP) is 0.678. The molecule has 0 saturated carbocycles. The molecule has 1 aromatic heterocycles. The van der Waals surface area contributed by atoms with Crippen LogP contribution in [0.2, 0.25) is 0 Å². The molecule has 0 aliphatic rings. The molecule has 1 heterocycles. The molecule has 0 aliphatic heterocycles. The number of aliphatic hydroxyl groups excluding tert-OH is 1. The highest BCUT2D eigenvalue weighted by atomic mass is 19.2. The van der Waals surface area contributed by atoms with Crippen LogP contribution < -0.4 is 5.76 Å². The number of aryl methyl sites for hydroxylation is 1. The zero-order chi connectivity index (χ0) is 11.4. The van der Waals surface area contributed by atoms with Crippen LogP contribution in [0.1, 0.15) is 12.2 Å². The lowest BCUT2D eigenvalue weighted by Gasteiger charge is -2.00. The van der Waals surface area contributed by atoms with Gasteiger partial charge >= 0.3 is 5.76 Å². The maximum atomic E-state index is 12.8. The highest BCUT2D eigenvalue weighted by Crippen LogP contribution is 2.12. The molecule has 0 saturated heterocycles. The van der Waals surface area contributed by atoms with Gasteiger partial charge in [-0.15, -0.1) is 0 Å². The third-order valence-electron chi connectivity index (χ3n) is 1.85. The predicted molar refractivity (Wildman–Crippen MR) is 46.4 cm³/mol. The standard InChI is InChI=1S/C8H10F2N2O3/c1-5-11-15-8(14)12(5)3-2-6(9)7(10)4-13/h13H,2-4H2,1H3/b7-6+. The lowest BCUT2D eigenvalue weighted by Crippen LogP contribution is -2.16. The number of hydrogen-bond donors (Lipinski definition) is 1. The van der Waals surface area contributed by atoms with E-state index in [9.17, 15) is 13.6 Å². The number of hydrogen-bond acceptors (Lipinski definition) is 4. The zero-order valence-corrected chi connectivity index (χ0v) is 8.04. The molecule has 15 heavy (non-hydrogen) atoms. The van der Waals surface area contributed by atoms with Crippen LogP contribution in [-0.4, -0.2) is 21.4 Å². The summed E-state index contributed by atoms with van der Waals surface area (Å²) >= 11 is 0. The molecule has 1 N–H and O–H groups in total. The first-order valence-corrected chi connectivity index (χ1v) is 4.23. The molecule has 0 radical (unpaired) electrons. The summed E-state index contributed by atoms with van der Waals surface area (Å²) in [5.74, 6) is -2.73. The molecular weight excluding hydrogens is 210 g/mol. The van der Waals surface area contributed by atoms with Crippen molar-refractivity contribution in [3.05, 3.63) is 28.0 Å². The Balaban J connectivity index is 2.70. The second-order valence-electron chi connectivity index (χ2n) is 2.87. The van der Waals surface area contributed by atoms with Crippen molar-refractivity contribution in [1.82, 2.24) is 9.72 Å². The first-order chi connectivity index (χ1) is 7.06. The van der Waals surface area contributed by atoms with Crippen LogP contribution in [-0.2, 0) is 6.54 Å². The first kappa shape index (κ1) is 11.6. The number of aromatic nitrogens is 2. The average molecular weight is 220 g/mol. The third-order valence-corrected chi connectivity index (χ3v) is 1.85. The minimum Gasteiger partial charge on any atom is -0.389 e. The topological polar surface area (TPSA) is 68.3 Å². The number of aliphatic hydroxyl groups is 1. The van der Waals surface area contributed by atoms with Crippen molar-refractivity contribution >= 4 is 0 Å². The molecule has 0 atom stereocenters. The van der Waals surface area contributed by atoms with Crippen LogP contribution in [0.3, 0.4) is 0 Å². The maximum Gasteiger partial charge on any atom is 0.441 e. The summed E-state index contributed by atoms with van der Waals surface area (Å²) in [5, 5.41) is 11.7. The molecule has 1 aromatic rings. The van der Waals surface area contributed by atoms with Crippen LogP contribution in [0, 0.1) is 6.92 Å². The zero-order valence-electron chi connectivity index (χ0n) is 8.04. The van der Waals surface area contributed by atoms with E-state index in [-0.39, 0.29) is 18.8 Å². The normalized spacial score (nSPS) is 12.8. The quantitative estimate of drug-likeness (QED) is 0.810. The Morgan fingerprint density at radius 1 is 1.53 bits per heavy atom. The molecule has 84 valence electrons. The van der Waals surface area contributed by atoms with Gasteiger partial charge in [-0.2, -0.15) is 0 Å². The van der Waals surface area contributed by atoms with Crippen LogP contribution >= 0.6 is 0 Å². The highest BCUT2D eigenvalue weighted by Gasteiger charge is 2.09. The van der Waals surface area contributed by atoms with Crippen molar-refractivity contribution in [3.63, 3.8) is 0 Å². The Kier molecular flexibility index (Phi) is 3.73. The number of allylic oxidation sites excluding steroid dienone is 1. The number of nitrogens with zero attached hydrogens (tertiary/aromatic N) is 2. The summed E-state index contributed by atoms with van der Waals surface area (Å²) in [5.41, 5.74) is 0. The summed E-state index contributed by atoms with van der Waals surface area (Å²) in [6.45, 7) is 0.450. The van der Waals surface area contributed by atoms with Gasteiger partial charge in [0.25, 0.3) is 0 Å². The van der Waals surface area contributed by atoms with Crippen LogP contribution in [0.4, 0.5) is 8.78 Å². The number of halogens is 2. The van der Waals surface area contributed by atoms with Gasteiger partial charge < -0.3 is 5.11 Å². The van der Waals surface area contributed by atoms with Gasteiger partial charge in [0.1, 0.15) is 5.83 Å². The summed E-state index contributed by atoms with van der Waals surface area (Å²) in [6, 6.07) is 0. The fourth-order valence-corrected chi connectivity index (χ4v) is 1.02. The van der Waals surface area contributed by atoms with E-state index in [0.29, 0.717) is 0 Å². The van der Waals surface area contributed by atoms with Crippen LogP contribution in [0.15, 0.2) is 21.0 Å². The Bertz CT molecular complexity index is 422. The molecule has 7 heteroatoms. The lowest BCUT2D eigenvalue weighted by atomic mass is 10.3. The third kappa shape index (κ3) is 2.72. The van der Waals surface area contributed by atoms with E-state index < -0.39 is 24.0 Å². The molecule has 0 bridgehead atoms. The molecule has 0 amide bonds. The van der Waals surface area contributed by atoms with Crippen molar-refractivity contribution in [2.24, 2.45) is 0 Å². The average Bonchev–Trinajstić information content (AvgIpc) is 2.54. The van der Waals surface area contributed by atoms with E-state index in [4.69, 9.17) is 5.11 Å². The number of rotatable bonds is 4. The fourth-order valence-electron chi connectivity index (χ4n) is 1.02. The van der Waals surface area contributed by atoms with Gasteiger partial charge in [-0.25, -0.2) is 13.6 Å². The summed E-state index contributed by atoms with van der Waals surface area (Å²) in [4.78, 5) is 10.9. The maximum absolute atomic E-state index is 12.8. The van der Waals surface area contributed by atoms with Gasteiger partial charge in [0.05, 0.1) is 6.61 Å². The van der Waals surface area contributed by atoms with Crippen molar-refractivity contribution in [2.75, 3.05) is 6.61 Å². The SMILES string of the molecule is Cc1noc(=O)n1CC/C(F)=C(\F)CO. The molecular formula is C8H10F2N2O3. The molecule has 5 nitrogen and oxygen atoms in total. The Hall–Kier alpha value is -1.50. The summed E-state index contributed by atoms with van der Waals surface area (Å²) in [7, 11) is 0. The Labute approximate surface area is 83.6 Å². The fraction of sp³-hybridized carbons (Fsp3) is 0.500. The van der Waals surface area contributed by atoms with Gasteiger partial charge in [0.15, 0.2) is 11.7 Å². The van der Waals surface area contributed by atoms with Crippen molar-refractivity contribution in [2.45, 2.75) is 19.9 Å². The van der Waals surface area contributed by atoms with Gasteiger partial charge in [-0.05, 0) is 6.92 Å². The van der Waals surface area contributed by atoms with Crippen molar-refractivity contribution in [1.29, 1.82) is 0 Å². The van der Waals surface area contributed by atoms with Crippen LogP contribution in [0.25, 0.3) is 0 Å². The van der Waals surface area contributed by atoms with E-state index in [2.05, 4.69) is 9.68 Å². The molecule has 0 aromatic carbocycles. The van der Waals surface area contributed by atoms with Gasteiger partial charge in [-0.1, -0.05) is 5.16 Å². The highest BCUT2D eigenvalue weighted by molar-refractivity contribution is 4.99. The summed E-state index contributed by atoms with van der Waals surface area (Å²) in [6.07, 6.45) is -0.325. The molecule has 0 unspecified atom stereocenters. The first-order valence-electron chi connectivity index (χ1n) is 4.23. The van der Waals surface area contributed by atoms with Gasteiger partial charge in [0.2, 0.25) is 0 Å². The van der Waals surface area contributed by atoms with E-state index in [1.165, 1.54) is 6.92 Å². The van der Waals surface area contributed by atoms with Gasteiger partial charge in [-0.3, -0.25) is 9.09 Å². The smallest absolute Gasteiger partial charge is 0.389 e. The minimum absolute atomic E-state index is 0.0760.